The Labute approximate surface area is 119 Å². The van der Waals surface area contributed by atoms with Crippen molar-refractivity contribution >= 4 is 17.8 Å². The minimum atomic E-state index is -1.28. The number of ether oxygens (including phenoxy) is 1. The molecule has 0 spiro atoms. The van der Waals surface area contributed by atoms with Crippen LogP contribution in [0, 0.1) is 0 Å². The molecular formula is C13H24N2O5. The highest BCUT2D eigenvalue weighted by Gasteiger charge is 2.26. The largest absolute Gasteiger partial charge is 0.480 e. The summed E-state index contributed by atoms with van der Waals surface area (Å²) in [6.07, 6.45) is 0.472. The van der Waals surface area contributed by atoms with Gasteiger partial charge < -0.3 is 20.5 Å². The molecule has 116 valence electrons. The number of carboxylic acids is 1. The Bertz CT molecular complexity index is 349. The lowest BCUT2D eigenvalue weighted by atomic mass is 10.1. The molecule has 0 aliphatic rings. The average Bonchev–Trinajstić information content (AvgIpc) is 2.25. The van der Waals surface area contributed by atoms with E-state index in [4.69, 9.17) is 9.84 Å². The second-order valence-electron chi connectivity index (χ2n) is 5.43. The lowest BCUT2D eigenvalue weighted by Crippen LogP contribution is -2.46. The van der Waals surface area contributed by atoms with Gasteiger partial charge in [0.2, 0.25) is 5.91 Å². The van der Waals surface area contributed by atoms with E-state index in [1.54, 1.807) is 20.8 Å². The van der Waals surface area contributed by atoms with Gasteiger partial charge in [-0.1, -0.05) is 6.92 Å². The molecule has 0 bridgehead atoms. The maximum absolute atomic E-state index is 11.6. The fourth-order valence-corrected chi connectivity index (χ4v) is 1.37. The van der Waals surface area contributed by atoms with Gasteiger partial charge in [-0.3, -0.25) is 9.59 Å². The monoisotopic (exact) mass is 288 g/mol. The van der Waals surface area contributed by atoms with E-state index in [9.17, 15) is 14.4 Å². The summed E-state index contributed by atoms with van der Waals surface area (Å²) in [5, 5.41) is 14.1. The first-order valence-corrected chi connectivity index (χ1v) is 6.60. The Morgan fingerprint density at radius 3 is 2.30 bits per heavy atom. The molecule has 0 radical (unpaired) electrons. The second-order valence-corrected chi connectivity index (χ2v) is 5.43. The smallest absolute Gasteiger partial charge is 0.326 e. The van der Waals surface area contributed by atoms with Crippen LogP contribution < -0.4 is 10.6 Å². The summed E-state index contributed by atoms with van der Waals surface area (Å²) in [5.74, 6) is -2.39. The third-order valence-corrected chi connectivity index (χ3v) is 2.14. The van der Waals surface area contributed by atoms with Gasteiger partial charge >= 0.3 is 11.9 Å². The Balaban J connectivity index is 4.33. The summed E-state index contributed by atoms with van der Waals surface area (Å²) in [5.41, 5.74) is -0.688. The summed E-state index contributed by atoms with van der Waals surface area (Å²) < 4.78 is 5.03. The summed E-state index contributed by atoms with van der Waals surface area (Å²) in [6.45, 7) is 7.70. The molecule has 0 rings (SSSR count). The average molecular weight is 288 g/mol. The van der Waals surface area contributed by atoms with Gasteiger partial charge in [0.1, 0.15) is 11.6 Å². The Hall–Kier alpha value is -1.63. The van der Waals surface area contributed by atoms with E-state index >= 15 is 0 Å². The molecule has 0 aliphatic carbocycles. The number of nitrogens with one attached hydrogen (secondary N) is 2. The van der Waals surface area contributed by atoms with Gasteiger partial charge in [-0.05, 0) is 33.7 Å². The van der Waals surface area contributed by atoms with E-state index in [1.807, 2.05) is 6.92 Å². The van der Waals surface area contributed by atoms with E-state index in [0.29, 0.717) is 6.54 Å². The SMILES string of the molecule is CCCNCC(=O)N[C@@H](CC(=O)OC(C)(C)C)C(=O)O. The molecule has 0 heterocycles. The van der Waals surface area contributed by atoms with Crippen LogP contribution >= 0.6 is 0 Å². The standard InChI is InChI=1S/C13H24N2O5/c1-5-6-14-8-10(16)15-9(12(18)19)7-11(17)20-13(2,3)4/h9,14H,5-8H2,1-4H3,(H,15,16)(H,18,19)/t9-/m0/s1. The first-order chi connectivity index (χ1) is 9.15. The maximum atomic E-state index is 11.6. The number of amides is 1. The fourth-order valence-electron chi connectivity index (χ4n) is 1.37. The second kappa shape index (κ2) is 8.52. The van der Waals surface area contributed by atoms with Crippen molar-refractivity contribution in [1.29, 1.82) is 0 Å². The molecule has 3 N–H and O–H groups in total. The third-order valence-electron chi connectivity index (χ3n) is 2.14. The quantitative estimate of drug-likeness (QED) is 0.438. The number of carbonyl (C=O) groups is 3. The molecule has 0 aromatic carbocycles. The van der Waals surface area contributed by atoms with Gasteiger partial charge in [-0.15, -0.1) is 0 Å². The Morgan fingerprint density at radius 1 is 1.25 bits per heavy atom. The molecular weight excluding hydrogens is 264 g/mol. The van der Waals surface area contributed by atoms with Crippen LogP contribution in [-0.2, 0) is 19.1 Å². The van der Waals surface area contributed by atoms with Gasteiger partial charge in [-0.25, -0.2) is 4.79 Å². The number of esters is 1. The van der Waals surface area contributed by atoms with Gasteiger partial charge in [0.25, 0.3) is 0 Å². The fraction of sp³-hybridized carbons (Fsp3) is 0.769. The first-order valence-electron chi connectivity index (χ1n) is 6.60. The minimum Gasteiger partial charge on any atom is -0.480 e. The number of carbonyl (C=O) groups excluding carboxylic acids is 2. The lowest BCUT2D eigenvalue weighted by Gasteiger charge is -2.21. The number of carboxylic acid groups (broad SMARTS) is 1. The van der Waals surface area contributed by atoms with Crippen molar-refractivity contribution in [3.8, 4) is 0 Å². The zero-order chi connectivity index (χ0) is 15.8. The summed E-state index contributed by atoms with van der Waals surface area (Å²) >= 11 is 0. The van der Waals surface area contributed by atoms with Gasteiger partial charge in [0.15, 0.2) is 0 Å². The number of hydrogen-bond acceptors (Lipinski definition) is 5. The topological polar surface area (TPSA) is 105 Å². The lowest BCUT2D eigenvalue weighted by molar-refractivity contribution is -0.158. The van der Waals surface area contributed by atoms with E-state index in [1.165, 1.54) is 0 Å². The molecule has 0 fully saturated rings. The summed E-state index contributed by atoms with van der Waals surface area (Å²) in [6, 6.07) is -1.28. The van der Waals surface area contributed by atoms with Gasteiger partial charge in [0.05, 0.1) is 13.0 Å². The van der Waals surface area contributed by atoms with Crippen molar-refractivity contribution in [2.24, 2.45) is 0 Å². The predicted molar refractivity (Wildman–Crippen MR) is 73.2 cm³/mol. The zero-order valence-corrected chi connectivity index (χ0v) is 12.5. The molecule has 0 saturated heterocycles. The zero-order valence-electron chi connectivity index (χ0n) is 12.5. The molecule has 20 heavy (non-hydrogen) atoms. The van der Waals surface area contributed by atoms with E-state index in [2.05, 4.69) is 10.6 Å². The van der Waals surface area contributed by atoms with Crippen LogP contribution in [0.1, 0.15) is 40.5 Å². The Morgan fingerprint density at radius 2 is 1.85 bits per heavy atom. The minimum absolute atomic E-state index is 0.0198. The van der Waals surface area contributed by atoms with E-state index in [0.717, 1.165) is 6.42 Å². The highest BCUT2D eigenvalue weighted by molar-refractivity contribution is 5.87. The van der Waals surface area contributed by atoms with Crippen LogP contribution in [0.2, 0.25) is 0 Å². The molecule has 0 aromatic rings. The molecule has 7 heteroatoms. The van der Waals surface area contributed by atoms with Crippen molar-refractivity contribution in [2.45, 2.75) is 52.2 Å². The van der Waals surface area contributed by atoms with Crippen LogP contribution in [0.4, 0.5) is 0 Å². The van der Waals surface area contributed by atoms with Crippen molar-refractivity contribution in [1.82, 2.24) is 10.6 Å². The highest BCUT2D eigenvalue weighted by Crippen LogP contribution is 2.09. The summed E-state index contributed by atoms with van der Waals surface area (Å²) in [7, 11) is 0. The van der Waals surface area contributed by atoms with Crippen LogP contribution in [0.15, 0.2) is 0 Å². The molecule has 0 saturated carbocycles. The first kappa shape index (κ1) is 18.4. The predicted octanol–water partition coefficient (Wildman–Crippen LogP) is 0.287. The number of rotatable bonds is 8. The highest BCUT2D eigenvalue weighted by atomic mass is 16.6. The van der Waals surface area contributed by atoms with Crippen molar-refractivity contribution in [3.63, 3.8) is 0 Å². The molecule has 0 aromatic heterocycles. The normalized spacial score (nSPS) is 12.6. The van der Waals surface area contributed by atoms with E-state index < -0.39 is 35.9 Å². The van der Waals surface area contributed by atoms with Crippen LogP contribution in [0.3, 0.4) is 0 Å². The van der Waals surface area contributed by atoms with Crippen molar-refractivity contribution in [3.05, 3.63) is 0 Å². The maximum Gasteiger partial charge on any atom is 0.326 e. The van der Waals surface area contributed by atoms with Gasteiger partial charge in [0, 0.05) is 0 Å². The molecule has 7 nitrogen and oxygen atoms in total. The van der Waals surface area contributed by atoms with Crippen LogP contribution in [-0.4, -0.2) is 47.7 Å². The van der Waals surface area contributed by atoms with Crippen LogP contribution in [0.5, 0.6) is 0 Å². The molecule has 1 amide bonds. The molecule has 1 atom stereocenters. The third kappa shape index (κ3) is 9.32. The van der Waals surface area contributed by atoms with Crippen molar-refractivity contribution < 1.29 is 24.2 Å². The number of hydrogen-bond donors (Lipinski definition) is 3. The van der Waals surface area contributed by atoms with Gasteiger partial charge in [-0.2, -0.15) is 0 Å². The van der Waals surface area contributed by atoms with Crippen LogP contribution in [0.25, 0.3) is 0 Å². The molecule has 0 aliphatic heterocycles. The van der Waals surface area contributed by atoms with Crippen molar-refractivity contribution in [2.75, 3.05) is 13.1 Å². The van der Waals surface area contributed by atoms with E-state index in [-0.39, 0.29) is 6.54 Å². The molecule has 0 unspecified atom stereocenters. The number of aliphatic carboxylic acids is 1. The summed E-state index contributed by atoms with van der Waals surface area (Å²) in [4.78, 5) is 34.1. The Kier molecular flexibility index (Phi) is 7.83.